The third kappa shape index (κ3) is 4.15. The molecule has 9 heteroatoms. The van der Waals surface area contributed by atoms with Crippen molar-refractivity contribution >= 4 is 27.5 Å². The molecule has 0 amide bonds. The normalized spacial score (nSPS) is 14.8. The molecule has 0 radical (unpaired) electrons. The molecule has 0 spiro atoms. The lowest BCUT2D eigenvalue weighted by molar-refractivity contribution is -0.137. The first kappa shape index (κ1) is 16.9. The maximum absolute atomic E-state index is 12.3. The highest BCUT2D eigenvalue weighted by Crippen LogP contribution is 2.25. The molecular formula is C11H18N2O5S2. The minimum absolute atomic E-state index is 0.0146. The molecule has 0 fully saturated rings. The van der Waals surface area contributed by atoms with Crippen LogP contribution >= 0.6 is 11.5 Å². The van der Waals surface area contributed by atoms with Crippen molar-refractivity contribution in [1.29, 1.82) is 0 Å². The van der Waals surface area contributed by atoms with Crippen LogP contribution in [0.3, 0.4) is 0 Å². The molecule has 20 heavy (non-hydrogen) atoms. The monoisotopic (exact) mass is 322 g/mol. The molecule has 0 unspecified atom stereocenters. The van der Waals surface area contributed by atoms with Crippen LogP contribution in [-0.2, 0) is 14.8 Å². The molecule has 0 aliphatic heterocycles. The van der Waals surface area contributed by atoms with Gasteiger partial charge in [0.05, 0.1) is 13.5 Å². The molecule has 1 aromatic rings. The van der Waals surface area contributed by atoms with Gasteiger partial charge in [-0.25, -0.2) is 13.1 Å². The van der Waals surface area contributed by atoms with E-state index in [0.29, 0.717) is 6.42 Å². The first-order valence-electron chi connectivity index (χ1n) is 6.04. The van der Waals surface area contributed by atoms with Gasteiger partial charge in [-0.05, 0) is 17.5 Å². The second kappa shape index (κ2) is 7.00. The molecule has 114 valence electrons. The lowest BCUT2D eigenvalue weighted by atomic mass is 9.97. The average molecular weight is 322 g/mol. The lowest BCUT2D eigenvalue weighted by Gasteiger charge is -2.22. The summed E-state index contributed by atoms with van der Waals surface area (Å²) in [4.78, 5) is 10.8. The minimum atomic E-state index is -3.85. The Bertz CT molecular complexity index is 555. The predicted octanol–water partition coefficient (Wildman–Crippen LogP) is 1.32. The van der Waals surface area contributed by atoms with E-state index in [0.717, 1.165) is 11.5 Å². The Kier molecular flexibility index (Phi) is 5.90. The van der Waals surface area contributed by atoms with Gasteiger partial charge in [-0.1, -0.05) is 20.3 Å². The number of aromatic nitrogens is 1. The highest BCUT2D eigenvalue weighted by Gasteiger charge is 2.29. The van der Waals surface area contributed by atoms with Crippen molar-refractivity contribution in [2.45, 2.75) is 37.6 Å². The molecule has 1 heterocycles. The van der Waals surface area contributed by atoms with Crippen molar-refractivity contribution < 1.29 is 23.1 Å². The summed E-state index contributed by atoms with van der Waals surface area (Å²) in [7, 11) is -2.52. The lowest BCUT2D eigenvalue weighted by Crippen LogP contribution is -2.40. The summed E-state index contributed by atoms with van der Waals surface area (Å²) < 4.78 is 35.7. The standard InChI is InChI=1S/C11H18N2O5S2/c1-4-7(2)8(5-10(14)15)13-20(16,17)9-6-19-12-11(9)18-3/h6-8,13H,4-5H2,1-3H3,(H,14,15)/t7-,8+/m0/s1. The Balaban J connectivity index is 2.99. The van der Waals surface area contributed by atoms with E-state index in [-0.39, 0.29) is 23.1 Å². The van der Waals surface area contributed by atoms with Crippen LogP contribution in [-0.4, -0.2) is 37.0 Å². The van der Waals surface area contributed by atoms with Crippen LogP contribution in [0.1, 0.15) is 26.7 Å². The number of sulfonamides is 1. The van der Waals surface area contributed by atoms with Crippen molar-refractivity contribution in [3.05, 3.63) is 5.38 Å². The Morgan fingerprint density at radius 1 is 1.60 bits per heavy atom. The zero-order valence-electron chi connectivity index (χ0n) is 11.5. The Labute approximate surface area is 122 Å². The van der Waals surface area contributed by atoms with E-state index in [1.807, 2.05) is 6.92 Å². The Hall–Kier alpha value is -1.19. The summed E-state index contributed by atoms with van der Waals surface area (Å²) >= 11 is 0.962. The fourth-order valence-corrected chi connectivity index (χ4v) is 4.04. The van der Waals surface area contributed by atoms with Crippen LogP contribution in [0.4, 0.5) is 0 Å². The van der Waals surface area contributed by atoms with Crippen LogP contribution in [0.5, 0.6) is 5.88 Å². The number of nitrogens with zero attached hydrogens (tertiary/aromatic N) is 1. The van der Waals surface area contributed by atoms with E-state index in [2.05, 4.69) is 9.10 Å². The van der Waals surface area contributed by atoms with Crippen LogP contribution in [0.15, 0.2) is 10.3 Å². The number of carboxylic acid groups (broad SMARTS) is 1. The van der Waals surface area contributed by atoms with Gasteiger partial charge in [-0.15, -0.1) is 0 Å². The molecule has 1 rings (SSSR count). The highest BCUT2D eigenvalue weighted by atomic mass is 32.2. The average Bonchev–Trinajstić information content (AvgIpc) is 2.85. The number of hydrogen-bond donors (Lipinski definition) is 2. The smallest absolute Gasteiger partial charge is 0.304 e. The number of nitrogens with one attached hydrogen (secondary N) is 1. The maximum Gasteiger partial charge on any atom is 0.304 e. The van der Waals surface area contributed by atoms with Crippen molar-refractivity contribution in [3.8, 4) is 5.88 Å². The number of rotatable bonds is 8. The first-order chi connectivity index (χ1) is 9.31. The SMILES string of the molecule is CC[C@H](C)[C@@H](CC(=O)O)NS(=O)(=O)c1csnc1OC. The van der Waals surface area contributed by atoms with Crippen LogP contribution in [0.2, 0.25) is 0 Å². The van der Waals surface area contributed by atoms with Crippen molar-refractivity contribution in [2.24, 2.45) is 5.92 Å². The zero-order chi connectivity index (χ0) is 15.3. The molecule has 0 aromatic carbocycles. The third-order valence-electron chi connectivity index (χ3n) is 3.02. The topological polar surface area (TPSA) is 106 Å². The van der Waals surface area contributed by atoms with Crippen LogP contribution in [0, 0.1) is 5.92 Å². The number of carboxylic acids is 1. The molecular weight excluding hydrogens is 304 g/mol. The molecule has 0 aliphatic carbocycles. The van der Waals surface area contributed by atoms with Gasteiger partial charge in [0.15, 0.2) is 4.90 Å². The first-order valence-corrected chi connectivity index (χ1v) is 8.36. The van der Waals surface area contributed by atoms with Crippen LogP contribution in [0.25, 0.3) is 0 Å². The number of methoxy groups -OCH3 is 1. The van der Waals surface area contributed by atoms with E-state index in [4.69, 9.17) is 9.84 Å². The van der Waals surface area contributed by atoms with E-state index in [1.165, 1.54) is 12.5 Å². The van der Waals surface area contributed by atoms with Gasteiger partial charge >= 0.3 is 5.97 Å². The summed E-state index contributed by atoms with van der Waals surface area (Å²) in [6, 6.07) is -0.674. The molecule has 7 nitrogen and oxygen atoms in total. The molecule has 0 aliphatic rings. The van der Waals surface area contributed by atoms with Gasteiger partial charge in [0.25, 0.3) is 0 Å². The number of aliphatic carboxylic acids is 1. The Morgan fingerprint density at radius 3 is 2.75 bits per heavy atom. The largest absolute Gasteiger partial charge is 0.481 e. The van der Waals surface area contributed by atoms with E-state index >= 15 is 0 Å². The summed E-state index contributed by atoms with van der Waals surface area (Å²) in [5, 5.41) is 10.2. The van der Waals surface area contributed by atoms with E-state index in [9.17, 15) is 13.2 Å². The molecule has 0 bridgehead atoms. The van der Waals surface area contributed by atoms with Gasteiger partial charge in [0.2, 0.25) is 15.9 Å². The highest BCUT2D eigenvalue weighted by molar-refractivity contribution is 7.89. The third-order valence-corrected chi connectivity index (χ3v) is 5.27. The quantitative estimate of drug-likeness (QED) is 0.748. The zero-order valence-corrected chi connectivity index (χ0v) is 13.1. The van der Waals surface area contributed by atoms with Gasteiger partial charge in [-0.2, -0.15) is 4.37 Å². The minimum Gasteiger partial charge on any atom is -0.481 e. The van der Waals surface area contributed by atoms with Gasteiger partial charge in [0, 0.05) is 11.4 Å². The molecule has 1 aromatic heterocycles. The van der Waals surface area contributed by atoms with Gasteiger partial charge in [-0.3, -0.25) is 4.79 Å². The van der Waals surface area contributed by atoms with Gasteiger partial charge in [0.1, 0.15) is 0 Å². The van der Waals surface area contributed by atoms with Crippen molar-refractivity contribution in [3.63, 3.8) is 0 Å². The predicted molar refractivity (Wildman–Crippen MR) is 74.5 cm³/mol. The molecule has 2 N–H and O–H groups in total. The van der Waals surface area contributed by atoms with Crippen molar-refractivity contribution in [2.75, 3.05) is 7.11 Å². The molecule has 0 saturated heterocycles. The summed E-state index contributed by atoms with van der Waals surface area (Å²) in [5.41, 5.74) is 0. The molecule has 0 saturated carbocycles. The van der Waals surface area contributed by atoms with Crippen molar-refractivity contribution in [1.82, 2.24) is 9.10 Å². The number of hydrogen-bond acceptors (Lipinski definition) is 6. The van der Waals surface area contributed by atoms with E-state index in [1.54, 1.807) is 6.92 Å². The van der Waals surface area contributed by atoms with E-state index < -0.39 is 22.0 Å². The maximum atomic E-state index is 12.3. The number of ether oxygens (including phenoxy) is 1. The fourth-order valence-electron chi connectivity index (χ4n) is 1.63. The second-order valence-electron chi connectivity index (χ2n) is 4.40. The molecule has 2 atom stereocenters. The summed E-state index contributed by atoms with van der Waals surface area (Å²) in [6.45, 7) is 3.68. The van der Waals surface area contributed by atoms with Crippen LogP contribution < -0.4 is 9.46 Å². The number of carbonyl (C=O) groups is 1. The fraction of sp³-hybridized carbons (Fsp3) is 0.636. The van der Waals surface area contributed by atoms with Gasteiger partial charge < -0.3 is 9.84 Å². The summed E-state index contributed by atoms with van der Waals surface area (Å²) in [6.07, 6.45) is 0.396. The summed E-state index contributed by atoms with van der Waals surface area (Å²) in [5.74, 6) is -1.13. The second-order valence-corrected chi connectivity index (χ2v) is 6.71. The Morgan fingerprint density at radius 2 is 2.25 bits per heavy atom.